The van der Waals surface area contributed by atoms with Crippen LogP contribution in [0, 0.1) is 0 Å². The van der Waals surface area contributed by atoms with Gasteiger partial charge in [-0.1, -0.05) is 6.92 Å². The Morgan fingerprint density at radius 3 is 2.48 bits per heavy atom. The van der Waals surface area contributed by atoms with E-state index < -0.39 is 5.97 Å². The van der Waals surface area contributed by atoms with Gasteiger partial charge in [-0.05, 0) is 44.9 Å². The van der Waals surface area contributed by atoms with Crippen molar-refractivity contribution in [3.8, 4) is 0 Å². The van der Waals surface area contributed by atoms with E-state index in [2.05, 4.69) is 10.6 Å². The van der Waals surface area contributed by atoms with Crippen molar-refractivity contribution in [3.05, 3.63) is 23.3 Å². The number of hydrogen-bond donors (Lipinski definition) is 3. The lowest BCUT2D eigenvalue weighted by Gasteiger charge is -2.16. The molecule has 0 radical (unpaired) electrons. The monoisotopic (exact) mass is 293 g/mol. The number of ether oxygens (including phenoxy) is 1. The first kappa shape index (κ1) is 16.8. The van der Waals surface area contributed by atoms with Crippen molar-refractivity contribution in [1.82, 2.24) is 5.32 Å². The zero-order valence-electron chi connectivity index (χ0n) is 12.9. The molecular formula is C15H23N3O3. The Labute approximate surface area is 125 Å². The van der Waals surface area contributed by atoms with Gasteiger partial charge in [-0.15, -0.1) is 0 Å². The first-order chi connectivity index (χ1) is 9.88. The van der Waals surface area contributed by atoms with Crippen molar-refractivity contribution in [2.45, 2.75) is 40.2 Å². The van der Waals surface area contributed by atoms with Gasteiger partial charge in [0.15, 0.2) is 0 Å². The van der Waals surface area contributed by atoms with E-state index in [0.29, 0.717) is 23.4 Å². The summed E-state index contributed by atoms with van der Waals surface area (Å²) in [7, 11) is 0. The normalized spacial score (nSPS) is 10.3. The van der Waals surface area contributed by atoms with E-state index in [9.17, 15) is 9.59 Å². The maximum absolute atomic E-state index is 12.1. The number of hydrogen-bond acceptors (Lipinski definition) is 4. The van der Waals surface area contributed by atoms with E-state index >= 15 is 0 Å². The molecule has 0 aromatic heterocycles. The molecule has 0 bridgehead atoms. The molecule has 4 N–H and O–H groups in total. The predicted octanol–water partition coefficient (Wildman–Crippen LogP) is 2.54. The van der Waals surface area contributed by atoms with E-state index in [1.165, 1.54) is 0 Å². The lowest BCUT2D eigenvalue weighted by Crippen LogP contribution is -2.34. The van der Waals surface area contributed by atoms with E-state index in [0.717, 1.165) is 5.56 Å². The Kier molecular flexibility index (Phi) is 6.02. The SMILES string of the molecule is CCOC(=O)c1c(CC)cc(N)cc1NC(=O)NC(C)C. The van der Waals surface area contributed by atoms with Crippen molar-refractivity contribution in [3.63, 3.8) is 0 Å². The highest BCUT2D eigenvalue weighted by molar-refractivity contribution is 6.02. The number of amides is 2. The average Bonchev–Trinajstić information content (AvgIpc) is 2.36. The van der Waals surface area contributed by atoms with Gasteiger partial charge >= 0.3 is 12.0 Å². The van der Waals surface area contributed by atoms with Gasteiger partial charge in [0, 0.05) is 11.7 Å². The van der Waals surface area contributed by atoms with E-state index in [1.807, 2.05) is 20.8 Å². The number of benzene rings is 1. The second-order valence-electron chi connectivity index (χ2n) is 4.93. The van der Waals surface area contributed by atoms with Gasteiger partial charge in [-0.25, -0.2) is 9.59 Å². The van der Waals surface area contributed by atoms with Gasteiger partial charge in [-0.3, -0.25) is 0 Å². The van der Waals surface area contributed by atoms with Crippen LogP contribution in [-0.2, 0) is 11.2 Å². The zero-order valence-corrected chi connectivity index (χ0v) is 12.9. The summed E-state index contributed by atoms with van der Waals surface area (Å²) in [6, 6.07) is 2.88. The predicted molar refractivity (Wildman–Crippen MR) is 83.5 cm³/mol. The van der Waals surface area contributed by atoms with Gasteiger partial charge in [-0.2, -0.15) is 0 Å². The summed E-state index contributed by atoms with van der Waals surface area (Å²) in [6.07, 6.45) is 0.611. The van der Waals surface area contributed by atoms with E-state index in [4.69, 9.17) is 10.5 Å². The third kappa shape index (κ3) is 4.66. The Hall–Kier alpha value is -2.24. The van der Waals surface area contributed by atoms with Gasteiger partial charge in [0.25, 0.3) is 0 Å². The number of carbonyl (C=O) groups excluding carboxylic acids is 2. The first-order valence-electron chi connectivity index (χ1n) is 7.06. The molecule has 0 saturated carbocycles. The van der Waals surface area contributed by atoms with Crippen LogP contribution in [0.5, 0.6) is 0 Å². The molecule has 0 unspecified atom stereocenters. The van der Waals surface area contributed by atoms with Gasteiger partial charge < -0.3 is 21.1 Å². The standard InChI is InChI=1S/C15H23N3O3/c1-5-10-7-11(16)8-12(13(10)14(19)21-6-2)18-15(20)17-9(3)4/h7-9H,5-6,16H2,1-4H3,(H2,17,18,20). The molecule has 0 spiro atoms. The minimum Gasteiger partial charge on any atom is -0.462 e. The molecule has 0 saturated heterocycles. The summed E-state index contributed by atoms with van der Waals surface area (Å²) in [5.74, 6) is -0.464. The number of aryl methyl sites for hydroxylation is 1. The topological polar surface area (TPSA) is 93.4 Å². The average molecular weight is 293 g/mol. The number of carbonyl (C=O) groups is 2. The Balaban J connectivity index is 3.18. The van der Waals surface area contributed by atoms with E-state index in [-0.39, 0.29) is 18.7 Å². The third-order valence-corrected chi connectivity index (χ3v) is 2.77. The number of nitrogens with two attached hydrogens (primary N) is 1. The third-order valence-electron chi connectivity index (χ3n) is 2.77. The number of esters is 1. The molecule has 0 fully saturated rings. The number of nitrogens with one attached hydrogen (secondary N) is 2. The molecule has 0 heterocycles. The molecule has 1 aromatic rings. The van der Waals surface area contributed by atoms with Crippen LogP contribution in [0.25, 0.3) is 0 Å². The van der Waals surface area contributed by atoms with Crippen molar-refractivity contribution in [1.29, 1.82) is 0 Å². The Morgan fingerprint density at radius 2 is 1.95 bits per heavy atom. The molecule has 116 valence electrons. The second kappa shape index (κ2) is 7.52. The number of nitrogen functional groups attached to an aromatic ring is 1. The minimum absolute atomic E-state index is 0.0113. The molecular weight excluding hydrogens is 270 g/mol. The summed E-state index contributed by atoms with van der Waals surface area (Å²) in [5.41, 5.74) is 7.78. The molecule has 6 nitrogen and oxygen atoms in total. The van der Waals surface area contributed by atoms with Crippen LogP contribution >= 0.6 is 0 Å². The van der Waals surface area contributed by atoms with Gasteiger partial charge in [0.1, 0.15) is 0 Å². The summed E-state index contributed by atoms with van der Waals surface area (Å²) >= 11 is 0. The largest absolute Gasteiger partial charge is 0.462 e. The van der Waals surface area contributed by atoms with Crippen LogP contribution in [0.3, 0.4) is 0 Å². The molecule has 6 heteroatoms. The summed E-state index contributed by atoms with van der Waals surface area (Å²) in [6.45, 7) is 7.62. The molecule has 1 aromatic carbocycles. The summed E-state index contributed by atoms with van der Waals surface area (Å²) in [4.78, 5) is 24.0. The second-order valence-corrected chi connectivity index (χ2v) is 4.93. The minimum atomic E-state index is -0.464. The maximum Gasteiger partial charge on any atom is 0.340 e. The fourth-order valence-electron chi connectivity index (χ4n) is 1.97. The molecule has 0 aliphatic heterocycles. The van der Waals surface area contributed by atoms with Crippen LogP contribution in [-0.4, -0.2) is 24.6 Å². The molecule has 0 aliphatic rings. The lowest BCUT2D eigenvalue weighted by atomic mass is 10.0. The van der Waals surface area contributed by atoms with Crippen LogP contribution < -0.4 is 16.4 Å². The smallest absolute Gasteiger partial charge is 0.340 e. The quantitative estimate of drug-likeness (QED) is 0.574. The van der Waals surface area contributed by atoms with Gasteiger partial charge in [0.2, 0.25) is 0 Å². The van der Waals surface area contributed by atoms with Gasteiger partial charge in [0.05, 0.1) is 17.9 Å². The number of urea groups is 1. The molecule has 0 atom stereocenters. The Morgan fingerprint density at radius 1 is 1.29 bits per heavy atom. The highest BCUT2D eigenvalue weighted by atomic mass is 16.5. The Bertz CT molecular complexity index is 527. The highest BCUT2D eigenvalue weighted by Crippen LogP contribution is 2.25. The van der Waals surface area contributed by atoms with Crippen molar-refractivity contribution < 1.29 is 14.3 Å². The molecule has 1 rings (SSSR count). The van der Waals surface area contributed by atoms with Crippen molar-refractivity contribution >= 4 is 23.4 Å². The van der Waals surface area contributed by atoms with Crippen LogP contribution in [0.4, 0.5) is 16.2 Å². The maximum atomic E-state index is 12.1. The van der Waals surface area contributed by atoms with Crippen LogP contribution in [0.1, 0.15) is 43.6 Å². The fraction of sp³-hybridized carbons (Fsp3) is 0.467. The van der Waals surface area contributed by atoms with Crippen molar-refractivity contribution in [2.75, 3.05) is 17.7 Å². The number of rotatable bonds is 5. The van der Waals surface area contributed by atoms with Crippen LogP contribution in [0.2, 0.25) is 0 Å². The van der Waals surface area contributed by atoms with Crippen molar-refractivity contribution in [2.24, 2.45) is 0 Å². The highest BCUT2D eigenvalue weighted by Gasteiger charge is 2.19. The molecule has 21 heavy (non-hydrogen) atoms. The first-order valence-corrected chi connectivity index (χ1v) is 7.06. The van der Waals surface area contributed by atoms with Crippen LogP contribution in [0.15, 0.2) is 12.1 Å². The fourth-order valence-corrected chi connectivity index (χ4v) is 1.97. The number of anilines is 2. The summed E-state index contributed by atoms with van der Waals surface area (Å²) < 4.78 is 5.06. The van der Waals surface area contributed by atoms with E-state index in [1.54, 1.807) is 19.1 Å². The summed E-state index contributed by atoms with van der Waals surface area (Å²) in [5, 5.41) is 5.37. The molecule has 2 amide bonds. The lowest BCUT2D eigenvalue weighted by molar-refractivity contribution is 0.0526. The molecule has 0 aliphatic carbocycles. The zero-order chi connectivity index (χ0) is 16.0.